The van der Waals surface area contributed by atoms with Gasteiger partial charge in [0.25, 0.3) is 5.91 Å². The first-order valence-corrected chi connectivity index (χ1v) is 11.0. The standard InChI is InChI=1S/C22H27F3N4O3/c23-22(24,25)18(10-15-3-1-2-8-26-15)27-11-13-4-5-16-14(9-13)12-29(21(16)32)17-6-7-19(30)28-20(17)31/h4-5,9,15,17-18,26-27H,1-3,6-8,10-12H2,(H,28,30,31). The van der Waals surface area contributed by atoms with Crippen molar-refractivity contribution in [1.82, 2.24) is 20.9 Å². The molecule has 1 aromatic carbocycles. The number of piperidine rings is 2. The number of alkyl halides is 3. The lowest BCUT2D eigenvalue weighted by molar-refractivity contribution is -0.159. The molecule has 3 aliphatic rings. The number of hydrogen-bond donors (Lipinski definition) is 3. The third kappa shape index (κ3) is 4.96. The van der Waals surface area contributed by atoms with Crippen molar-refractivity contribution in [2.75, 3.05) is 6.54 Å². The number of nitrogens with zero attached hydrogens (tertiary/aromatic N) is 1. The van der Waals surface area contributed by atoms with E-state index in [1.165, 1.54) is 4.90 Å². The first-order valence-electron chi connectivity index (χ1n) is 11.0. The number of fused-ring (bicyclic) bond motifs is 1. The third-order valence-electron chi connectivity index (χ3n) is 6.47. The van der Waals surface area contributed by atoms with Gasteiger partial charge in [-0.05, 0) is 49.4 Å². The van der Waals surface area contributed by atoms with Crippen molar-refractivity contribution in [3.05, 3.63) is 34.9 Å². The molecule has 10 heteroatoms. The van der Waals surface area contributed by atoms with E-state index in [0.717, 1.165) is 25.8 Å². The highest BCUT2D eigenvalue weighted by Gasteiger charge is 2.41. The van der Waals surface area contributed by atoms with Crippen molar-refractivity contribution in [2.45, 2.75) is 75.9 Å². The van der Waals surface area contributed by atoms with E-state index in [4.69, 9.17) is 0 Å². The number of hydrogen-bond acceptors (Lipinski definition) is 5. The van der Waals surface area contributed by atoms with Crippen LogP contribution >= 0.6 is 0 Å². The zero-order valence-electron chi connectivity index (χ0n) is 17.6. The zero-order valence-corrected chi connectivity index (χ0v) is 17.6. The molecule has 0 aliphatic carbocycles. The molecule has 0 spiro atoms. The normalized spacial score (nSPS) is 25.0. The summed E-state index contributed by atoms with van der Waals surface area (Å²) in [5, 5.41) is 8.06. The summed E-state index contributed by atoms with van der Waals surface area (Å²) in [6.07, 6.45) is -1.27. The van der Waals surface area contributed by atoms with E-state index >= 15 is 0 Å². The molecule has 0 aromatic heterocycles. The Kier molecular flexibility index (Phi) is 6.52. The van der Waals surface area contributed by atoms with E-state index in [2.05, 4.69) is 16.0 Å². The van der Waals surface area contributed by atoms with E-state index in [0.29, 0.717) is 16.7 Å². The van der Waals surface area contributed by atoms with E-state index in [9.17, 15) is 27.6 Å². The Balaban J connectivity index is 1.41. The molecule has 3 atom stereocenters. The molecule has 7 nitrogen and oxygen atoms in total. The van der Waals surface area contributed by atoms with Crippen LogP contribution in [0.1, 0.15) is 60.0 Å². The van der Waals surface area contributed by atoms with Gasteiger partial charge in [0.15, 0.2) is 0 Å². The first-order chi connectivity index (χ1) is 15.2. The van der Waals surface area contributed by atoms with Gasteiger partial charge in [-0.3, -0.25) is 19.7 Å². The molecule has 1 aromatic rings. The van der Waals surface area contributed by atoms with Crippen LogP contribution in [0.4, 0.5) is 13.2 Å². The highest BCUT2D eigenvalue weighted by molar-refractivity contribution is 6.05. The minimum Gasteiger partial charge on any atom is -0.322 e. The van der Waals surface area contributed by atoms with Crippen LogP contribution in [-0.2, 0) is 22.7 Å². The van der Waals surface area contributed by atoms with E-state index in [1.807, 2.05) is 0 Å². The number of imide groups is 1. The Morgan fingerprint density at radius 2 is 1.97 bits per heavy atom. The average molecular weight is 452 g/mol. The molecule has 3 heterocycles. The summed E-state index contributed by atoms with van der Waals surface area (Å²) >= 11 is 0. The van der Waals surface area contributed by atoms with Gasteiger partial charge in [0.1, 0.15) is 12.1 Å². The molecule has 0 bridgehead atoms. The van der Waals surface area contributed by atoms with Crippen molar-refractivity contribution in [3.8, 4) is 0 Å². The van der Waals surface area contributed by atoms with Gasteiger partial charge < -0.3 is 15.5 Å². The van der Waals surface area contributed by atoms with Crippen LogP contribution in [0.15, 0.2) is 18.2 Å². The van der Waals surface area contributed by atoms with Gasteiger partial charge in [0.05, 0.1) is 0 Å². The monoisotopic (exact) mass is 452 g/mol. The van der Waals surface area contributed by atoms with Gasteiger partial charge in [-0.15, -0.1) is 0 Å². The van der Waals surface area contributed by atoms with Gasteiger partial charge in [-0.2, -0.15) is 13.2 Å². The quantitative estimate of drug-likeness (QED) is 0.575. The van der Waals surface area contributed by atoms with Crippen LogP contribution in [0.3, 0.4) is 0 Å². The fourth-order valence-corrected chi connectivity index (χ4v) is 4.72. The van der Waals surface area contributed by atoms with Crippen LogP contribution in [0.25, 0.3) is 0 Å². The summed E-state index contributed by atoms with van der Waals surface area (Å²) in [5.74, 6) is -1.15. The molecule has 3 aliphatic heterocycles. The van der Waals surface area contributed by atoms with E-state index < -0.39 is 24.2 Å². The molecule has 3 N–H and O–H groups in total. The van der Waals surface area contributed by atoms with Gasteiger partial charge in [0.2, 0.25) is 11.8 Å². The maximum Gasteiger partial charge on any atom is 0.403 e. The summed E-state index contributed by atoms with van der Waals surface area (Å²) < 4.78 is 40.7. The van der Waals surface area contributed by atoms with Crippen LogP contribution in [0.5, 0.6) is 0 Å². The topological polar surface area (TPSA) is 90.5 Å². The molecule has 4 rings (SSSR count). The van der Waals surface area contributed by atoms with Crippen molar-refractivity contribution in [1.29, 1.82) is 0 Å². The molecule has 2 fully saturated rings. The van der Waals surface area contributed by atoms with E-state index in [1.54, 1.807) is 18.2 Å². The molecule has 174 valence electrons. The predicted molar refractivity (Wildman–Crippen MR) is 109 cm³/mol. The fourth-order valence-electron chi connectivity index (χ4n) is 4.72. The molecule has 0 radical (unpaired) electrons. The summed E-state index contributed by atoms with van der Waals surface area (Å²) in [5.41, 5.74) is 1.77. The van der Waals surface area contributed by atoms with Crippen LogP contribution in [-0.4, -0.2) is 53.5 Å². The highest BCUT2D eigenvalue weighted by atomic mass is 19.4. The Labute approximate surface area is 184 Å². The lowest BCUT2D eigenvalue weighted by Crippen LogP contribution is -2.52. The Hall–Kier alpha value is -2.46. The maximum absolute atomic E-state index is 13.6. The molecule has 2 saturated heterocycles. The van der Waals surface area contributed by atoms with Crippen molar-refractivity contribution in [3.63, 3.8) is 0 Å². The number of amides is 3. The lowest BCUT2D eigenvalue weighted by atomic mass is 9.97. The van der Waals surface area contributed by atoms with Gasteiger partial charge in [-0.1, -0.05) is 18.6 Å². The average Bonchev–Trinajstić information content (AvgIpc) is 3.06. The second kappa shape index (κ2) is 9.19. The molecular weight excluding hydrogens is 425 g/mol. The molecule has 3 unspecified atom stereocenters. The number of benzene rings is 1. The highest BCUT2D eigenvalue weighted by Crippen LogP contribution is 2.29. The van der Waals surface area contributed by atoms with Gasteiger partial charge in [0, 0.05) is 31.1 Å². The van der Waals surface area contributed by atoms with Crippen LogP contribution in [0.2, 0.25) is 0 Å². The van der Waals surface area contributed by atoms with Crippen LogP contribution in [0, 0.1) is 0 Å². The Morgan fingerprint density at radius 3 is 2.66 bits per heavy atom. The van der Waals surface area contributed by atoms with Gasteiger partial charge >= 0.3 is 6.18 Å². The van der Waals surface area contributed by atoms with Crippen molar-refractivity contribution in [2.24, 2.45) is 0 Å². The fraction of sp³-hybridized carbons (Fsp3) is 0.591. The largest absolute Gasteiger partial charge is 0.403 e. The summed E-state index contributed by atoms with van der Waals surface area (Å²) in [6.45, 7) is 0.970. The number of nitrogens with one attached hydrogen (secondary N) is 3. The third-order valence-corrected chi connectivity index (χ3v) is 6.47. The second-order valence-corrected chi connectivity index (χ2v) is 8.75. The maximum atomic E-state index is 13.6. The molecule has 3 amide bonds. The molecule has 32 heavy (non-hydrogen) atoms. The second-order valence-electron chi connectivity index (χ2n) is 8.75. The van der Waals surface area contributed by atoms with Crippen molar-refractivity contribution >= 4 is 17.7 Å². The summed E-state index contributed by atoms with van der Waals surface area (Å²) in [4.78, 5) is 37.7. The number of carbonyl (C=O) groups is 3. The molecule has 0 saturated carbocycles. The van der Waals surface area contributed by atoms with E-state index in [-0.39, 0.29) is 50.2 Å². The lowest BCUT2D eigenvalue weighted by Gasteiger charge is -2.29. The summed E-state index contributed by atoms with van der Waals surface area (Å²) in [7, 11) is 0. The minimum atomic E-state index is -4.35. The Bertz CT molecular complexity index is 899. The number of rotatable bonds is 6. The van der Waals surface area contributed by atoms with Crippen molar-refractivity contribution < 1.29 is 27.6 Å². The number of halogens is 3. The minimum absolute atomic E-state index is 0.0176. The molecular formula is C22H27F3N4O3. The smallest absolute Gasteiger partial charge is 0.322 e. The number of carbonyl (C=O) groups excluding carboxylic acids is 3. The van der Waals surface area contributed by atoms with Gasteiger partial charge in [-0.25, -0.2) is 0 Å². The first kappa shape index (κ1) is 22.7. The van der Waals surface area contributed by atoms with Crippen LogP contribution < -0.4 is 16.0 Å². The predicted octanol–water partition coefficient (Wildman–Crippen LogP) is 2.00. The summed E-state index contributed by atoms with van der Waals surface area (Å²) in [6, 6.07) is 2.48. The SMILES string of the molecule is O=C1CCC(N2Cc3cc(CNC(CC4CCCCN4)C(F)(F)F)ccc3C2=O)C(=O)N1. The Morgan fingerprint density at radius 1 is 1.16 bits per heavy atom. The zero-order chi connectivity index (χ0) is 22.9.